The summed E-state index contributed by atoms with van der Waals surface area (Å²) in [5.74, 6) is -5.77. The van der Waals surface area contributed by atoms with E-state index in [4.69, 9.17) is 5.11 Å². The molecule has 2 atom stereocenters. The number of carbonyl (C=O) groups is 1. The molecule has 0 aliphatic carbocycles. The quantitative estimate of drug-likeness (QED) is 0.438. The number of sulfone groups is 1. The Bertz CT molecular complexity index is 1020. The summed E-state index contributed by atoms with van der Waals surface area (Å²) in [6.07, 6.45) is -4.52. The molecular weight excluding hydrogens is 438 g/mol. The Morgan fingerprint density at radius 3 is 1.77 bits per heavy atom. The second-order valence-electron chi connectivity index (χ2n) is 7.74. The van der Waals surface area contributed by atoms with Gasteiger partial charge in [0.1, 0.15) is 6.04 Å². The van der Waals surface area contributed by atoms with Crippen molar-refractivity contribution in [1.82, 2.24) is 5.32 Å². The molecule has 2 N–H and O–H groups in total. The SMILES string of the molecule is CC(C)C[C@@](F)(N[C@@H](c1ccc(-c2ccc(S(C)(=O)=O)cc2)cc1)C(F)(F)F)C(=O)O. The van der Waals surface area contributed by atoms with E-state index in [1.807, 2.05) is 0 Å². The highest BCUT2D eigenvalue weighted by Gasteiger charge is 2.49. The fourth-order valence-corrected chi connectivity index (χ4v) is 3.75. The number of carboxylic acids is 1. The Balaban J connectivity index is 2.36. The average Bonchev–Trinajstić information content (AvgIpc) is 2.64. The Kier molecular flexibility index (Phi) is 7.17. The first-order chi connectivity index (χ1) is 14.1. The van der Waals surface area contributed by atoms with Crippen LogP contribution in [0.3, 0.4) is 0 Å². The van der Waals surface area contributed by atoms with Crippen molar-refractivity contribution < 1.29 is 35.9 Å². The highest BCUT2D eigenvalue weighted by atomic mass is 32.2. The van der Waals surface area contributed by atoms with Gasteiger partial charge in [-0.3, -0.25) is 5.32 Å². The van der Waals surface area contributed by atoms with Crippen LogP contribution in [-0.2, 0) is 14.6 Å². The first kappa shape index (κ1) is 24.8. The van der Waals surface area contributed by atoms with Gasteiger partial charge in [-0.25, -0.2) is 17.6 Å². The van der Waals surface area contributed by atoms with Gasteiger partial charge in [0, 0.05) is 12.7 Å². The number of hydrogen-bond acceptors (Lipinski definition) is 4. The van der Waals surface area contributed by atoms with E-state index in [9.17, 15) is 30.8 Å². The lowest BCUT2D eigenvalue weighted by Gasteiger charge is -2.31. The van der Waals surface area contributed by atoms with Crippen LogP contribution in [0.4, 0.5) is 17.6 Å². The molecular formula is C21H23F4NO4S. The number of alkyl halides is 4. The van der Waals surface area contributed by atoms with Gasteiger partial charge in [0.05, 0.1) is 4.90 Å². The maximum absolute atomic E-state index is 14.8. The molecule has 0 aliphatic rings. The van der Waals surface area contributed by atoms with Gasteiger partial charge in [-0.1, -0.05) is 50.2 Å². The average molecular weight is 461 g/mol. The topological polar surface area (TPSA) is 83.5 Å². The summed E-state index contributed by atoms with van der Waals surface area (Å²) in [5, 5.41) is 10.8. The van der Waals surface area contributed by atoms with E-state index in [2.05, 4.69) is 0 Å². The predicted molar refractivity (Wildman–Crippen MR) is 108 cm³/mol. The number of nitrogens with one attached hydrogen (secondary N) is 1. The third-order valence-electron chi connectivity index (χ3n) is 4.59. The molecule has 2 rings (SSSR count). The fraction of sp³-hybridized carbons (Fsp3) is 0.381. The van der Waals surface area contributed by atoms with Crippen LogP contribution in [0.15, 0.2) is 53.4 Å². The molecule has 0 amide bonds. The summed E-state index contributed by atoms with van der Waals surface area (Å²) in [4.78, 5) is 11.4. The largest absolute Gasteiger partial charge is 0.478 e. The van der Waals surface area contributed by atoms with E-state index in [1.54, 1.807) is 5.32 Å². The van der Waals surface area contributed by atoms with Gasteiger partial charge >= 0.3 is 12.1 Å². The summed E-state index contributed by atoms with van der Waals surface area (Å²) >= 11 is 0. The maximum Gasteiger partial charge on any atom is 0.408 e. The minimum atomic E-state index is -4.94. The number of halogens is 4. The second kappa shape index (κ2) is 8.96. The van der Waals surface area contributed by atoms with E-state index in [-0.39, 0.29) is 10.5 Å². The van der Waals surface area contributed by atoms with Crippen LogP contribution in [-0.4, -0.2) is 37.7 Å². The smallest absolute Gasteiger partial charge is 0.408 e. The van der Waals surface area contributed by atoms with Gasteiger partial charge in [-0.2, -0.15) is 13.2 Å². The molecule has 0 radical (unpaired) electrons. The number of benzene rings is 2. The van der Waals surface area contributed by atoms with Crippen LogP contribution < -0.4 is 5.32 Å². The summed E-state index contributed by atoms with van der Waals surface area (Å²) in [5.41, 5.74) is 0.730. The third-order valence-corrected chi connectivity index (χ3v) is 5.72. The van der Waals surface area contributed by atoms with Crippen LogP contribution in [0.1, 0.15) is 31.9 Å². The Labute approximate surface area is 178 Å². The van der Waals surface area contributed by atoms with Gasteiger partial charge in [0.25, 0.3) is 5.79 Å². The zero-order chi connectivity index (χ0) is 23.6. The van der Waals surface area contributed by atoms with E-state index >= 15 is 0 Å². The monoisotopic (exact) mass is 461 g/mol. The molecule has 5 nitrogen and oxygen atoms in total. The Hall–Kier alpha value is -2.46. The van der Waals surface area contributed by atoms with Gasteiger partial charge in [-0.05, 0) is 34.7 Å². The summed E-state index contributed by atoms with van der Waals surface area (Å²) in [7, 11) is -3.39. The highest BCUT2D eigenvalue weighted by molar-refractivity contribution is 7.90. The van der Waals surface area contributed by atoms with Crippen molar-refractivity contribution in [3.63, 3.8) is 0 Å². The van der Waals surface area contributed by atoms with Gasteiger partial charge in [0.15, 0.2) is 9.84 Å². The second-order valence-corrected chi connectivity index (χ2v) is 9.76. The molecule has 0 aromatic heterocycles. The third kappa shape index (κ3) is 6.27. The first-order valence-corrected chi connectivity index (χ1v) is 11.2. The molecule has 0 heterocycles. The lowest BCUT2D eigenvalue weighted by atomic mass is 9.97. The van der Waals surface area contributed by atoms with Crippen molar-refractivity contribution in [3.8, 4) is 11.1 Å². The zero-order valence-electron chi connectivity index (χ0n) is 17.1. The fourth-order valence-electron chi connectivity index (χ4n) is 3.12. The van der Waals surface area contributed by atoms with Crippen LogP contribution in [0.2, 0.25) is 0 Å². The van der Waals surface area contributed by atoms with E-state index in [0.29, 0.717) is 11.1 Å². The molecule has 2 aromatic rings. The molecule has 10 heteroatoms. The molecule has 0 spiro atoms. The van der Waals surface area contributed by atoms with E-state index < -0.39 is 46.2 Å². The van der Waals surface area contributed by atoms with Crippen LogP contribution in [0, 0.1) is 5.92 Å². The molecule has 0 bridgehead atoms. The number of aliphatic carboxylic acids is 1. The first-order valence-electron chi connectivity index (χ1n) is 9.30. The molecule has 0 fully saturated rings. The van der Waals surface area contributed by atoms with Gasteiger partial charge in [0.2, 0.25) is 0 Å². The lowest BCUT2D eigenvalue weighted by Crippen LogP contribution is -2.53. The van der Waals surface area contributed by atoms with Crippen molar-refractivity contribution in [1.29, 1.82) is 0 Å². The van der Waals surface area contributed by atoms with Crippen molar-refractivity contribution in [2.24, 2.45) is 5.92 Å². The minimum Gasteiger partial charge on any atom is -0.478 e. The summed E-state index contributed by atoms with van der Waals surface area (Å²) in [6, 6.07) is 8.26. The molecule has 0 aliphatic heterocycles. The van der Waals surface area contributed by atoms with Crippen LogP contribution >= 0.6 is 0 Å². The zero-order valence-corrected chi connectivity index (χ0v) is 17.9. The Morgan fingerprint density at radius 2 is 1.42 bits per heavy atom. The van der Waals surface area contributed by atoms with Crippen molar-refractivity contribution in [3.05, 3.63) is 54.1 Å². The van der Waals surface area contributed by atoms with Crippen molar-refractivity contribution >= 4 is 15.8 Å². The van der Waals surface area contributed by atoms with Crippen LogP contribution in [0.5, 0.6) is 0 Å². The van der Waals surface area contributed by atoms with Crippen molar-refractivity contribution in [2.45, 2.75) is 43.2 Å². The molecule has 0 unspecified atom stereocenters. The van der Waals surface area contributed by atoms with E-state index in [1.165, 1.54) is 50.2 Å². The number of carboxylic acid groups (broad SMARTS) is 1. The number of hydrogen-bond donors (Lipinski definition) is 2. The highest BCUT2D eigenvalue weighted by Crippen LogP contribution is 2.37. The number of rotatable bonds is 8. The minimum absolute atomic E-state index is 0.104. The maximum atomic E-state index is 14.8. The molecule has 31 heavy (non-hydrogen) atoms. The molecule has 0 saturated carbocycles. The van der Waals surface area contributed by atoms with Crippen molar-refractivity contribution in [2.75, 3.05) is 6.26 Å². The summed E-state index contributed by atoms with van der Waals surface area (Å²) < 4.78 is 78.8. The molecule has 170 valence electrons. The normalized spacial score (nSPS) is 15.5. The molecule has 0 saturated heterocycles. The predicted octanol–water partition coefficient (Wildman–Crippen LogP) is 4.75. The van der Waals surface area contributed by atoms with Gasteiger partial charge < -0.3 is 5.11 Å². The molecule has 2 aromatic carbocycles. The van der Waals surface area contributed by atoms with E-state index in [0.717, 1.165) is 18.4 Å². The standard InChI is InChI=1S/C21H23F4NO4S/c1-13(2)12-20(22,19(27)28)26-18(21(23,24)25)16-6-4-14(5-7-16)15-8-10-17(11-9-15)31(3,29)30/h4-11,13,18,26H,12H2,1-3H3,(H,27,28)/t18-,20+/m0/s1. The van der Waals surface area contributed by atoms with Gasteiger partial charge in [-0.15, -0.1) is 0 Å². The van der Waals surface area contributed by atoms with Crippen LogP contribution in [0.25, 0.3) is 11.1 Å². The summed E-state index contributed by atoms with van der Waals surface area (Å²) in [6.45, 7) is 3.01. The lowest BCUT2D eigenvalue weighted by molar-refractivity contribution is -0.180. The Morgan fingerprint density at radius 1 is 0.968 bits per heavy atom.